The second-order valence-electron chi connectivity index (χ2n) is 7.45. The number of amides is 1. The number of nitrogens with one attached hydrogen (secondary N) is 1. The van der Waals surface area contributed by atoms with Gasteiger partial charge in [-0.15, -0.1) is 0 Å². The standard InChI is InChI=1S/C21H22FN3O5S/c1-21(2)20-24-16(17(26)19(28)25(20)8-9-30-21)18(27)23-12-14-6-7-15(22)11-13(14)5-4-10-31(3)29/h6-7,11,26H,8-10,12H2,1-3H3,(H,23,27). The molecule has 0 aliphatic carbocycles. The Kier molecular flexibility index (Phi) is 6.57. The topological polar surface area (TPSA) is 111 Å². The van der Waals surface area contributed by atoms with Crippen molar-refractivity contribution in [2.75, 3.05) is 18.6 Å². The maximum atomic E-state index is 13.6. The monoisotopic (exact) mass is 447 g/mol. The van der Waals surface area contributed by atoms with Crippen molar-refractivity contribution in [1.82, 2.24) is 14.9 Å². The van der Waals surface area contributed by atoms with Crippen LogP contribution in [-0.4, -0.2) is 43.4 Å². The van der Waals surface area contributed by atoms with Crippen LogP contribution in [0.1, 0.15) is 41.3 Å². The summed E-state index contributed by atoms with van der Waals surface area (Å²) in [6, 6.07) is 3.91. The molecule has 0 fully saturated rings. The number of nitrogens with zero attached hydrogens (tertiary/aromatic N) is 2. The molecule has 10 heteroatoms. The van der Waals surface area contributed by atoms with Gasteiger partial charge in [0.2, 0.25) is 5.75 Å². The highest BCUT2D eigenvalue weighted by atomic mass is 32.2. The Labute approximate surface area is 180 Å². The highest BCUT2D eigenvalue weighted by Crippen LogP contribution is 2.27. The summed E-state index contributed by atoms with van der Waals surface area (Å²) in [7, 11) is -1.11. The van der Waals surface area contributed by atoms with Crippen LogP contribution >= 0.6 is 0 Å². The van der Waals surface area contributed by atoms with E-state index in [-0.39, 0.29) is 31.3 Å². The van der Waals surface area contributed by atoms with E-state index in [1.807, 2.05) is 0 Å². The first-order valence-corrected chi connectivity index (χ1v) is 11.2. The van der Waals surface area contributed by atoms with Crippen LogP contribution in [0.25, 0.3) is 0 Å². The lowest BCUT2D eigenvalue weighted by atomic mass is 10.1. The number of hydrogen-bond acceptors (Lipinski definition) is 6. The number of carbonyl (C=O) groups is 1. The molecule has 0 bridgehead atoms. The molecule has 1 atom stereocenters. The van der Waals surface area contributed by atoms with Gasteiger partial charge in [-0.05, 0) is 31.5 Å². The van der Waals surface area contributed by atoms with Gasteiger partial charge in [0.25, 0.3) is 11.5 Å². The van der Waals surface area contributed by atoms with Gasteiger partial charge in [-0.1, -0.05) is 17.9 Å². The molecular formula is C21H22FN3O5S. The molecule has 0 saturated carbocycles. The first kappa shape index (κ1) is 22.7. The van der Waals surface area contributed by atoms with E-state index in [9.17, 15) is 23.3 Å². The molecule has 0 spiro atoms. The third kappa shape index (κ3) is 5.00. The molecule has 1 aliphatic rings. The summed E-state index contributed by atoms with van der Waals surface area (Å²) in [4.78, 5) is 29.4. The minimum absolute atomic E-state index is 0.0439. The number of ether oxygens (including phenoxy) is 1. The summed E-state index contributed by atoms with van der Waals surface area (Å²) < 4.78 is 31.7. The van der Waals surface area contributed by atoms with E-state index in [0.29, 0.717) is 11.1 Å². The maximum Gasteiger partial charge on any atom is 0.296 e. The summed E-state index contributed by atoms with van der Waals surface area (Å²) >= 11 is 0. The van der Waals surface area contributed by atoms with Crippen molar-refractivity contribution in [3.8, 4) is 17.6 Å². The first-order valence-electron chi connectivity index (χ1n) is 9.44. The molecule has 8 nitrogen and oxygen atoms in total. The van der Waals surface area contributed by atoms with Crippen LogP contribution in [0, 0.1) is 17.7 Å². The van der Waals surface area contributed by atoms with Crippen molar-refractivity contribution < 1.29 is 23.2 Å². The molecule has 1 amide bonds. The van der Waals surface area contributed by atoms with Gasteiger partial charge in [-0.2, -0.15) is 0 Å². The van der Waals surface area contributed by atoms with Crippen LogP contribution in [-0.2, 0) is 34.2 Å². The Hall–Kier alpha value is -3.03. The van der Waals surface area contributed by atoms with Gasteiger partial charge in [0.1, 0.15) is 17.2 Å². The maximum absolute atomic E-state index is 13.6. The molecule has 2 heterocycles. The SMILES string of the molecule is CS(=O)CC#Cc1cc(F)ccc1CNC(=O)c1nc2n(c(=O)c1O)CCOC2(C)C. The predicted molar refractivity (Wildman–Crippen MR) is 113 cm³/mol. The zero-order valence-corrected chi connectivity index (χ0v) is 18.1. The van der Waals surface area contributed by atoms with Crippen molar-refractivity contribution in [3.05, 3.63) is 57.0 Å². The van der Waals surface area contributed by atoms with Crippen LogP contribution in [0.15, 0.2) is 23.0 Å². The molecule has 0 radical (unpaired) electrons. The molecule has 2 aromatic rings. The molecular weight excluding hydrogens is 425 g/mol. The van der Waals surface area contributed by atoms with Gasteiger partial charge in [0, 0.05) is 29.2 Å². The lowest BCUT2D eigenvalue weighted by Crippen LogP contribution is -2.42. The molecule has 1 aromatic heterocycles. The molecule has 2 N–H and O–H groups in total. The number of rotatable bonds is 4. The second-order valence-corrected chi connectivity index (χ2v) is 8.89. The minimum atomic E-state index is -1.11. The van der Waals surface area contributed by atoms with Crippen LogP contribution in [0.2, 0.25) is 0 Å². The molecule has 0 saturated heterocycles. The number of benzene rings is 1. The van der Waals surface area contributed by atoms with E-state index in [1.54, 1.807) is 13.8 Å². The van der Waals surface area contributed by atoms with Crippen LogP contribution in [0.3, 0.4) is 0 Å². The fourth-order valence-corrected chi connectivity index (χ4v) is 3.41. The van der Waals surface area contributed by atoms with E-state index < -0.39 is 45.1 Å². The minimum Gasteiger partial charge on any atom is -0.501 e. The number of aromatic nitrogens is 2. The van der Waals surface area contributed by atoms with Crippen molar-refractivity contribution in [2.45, 2.75) is 32.5 Å². The number of aromatic hydroxyl groups is 1. The highest BCUT2D eigenvalue weighted by Gasteiger charge is 2.34. The van der Waals surface area contributed by atoms with Crippen LogP contribution in [0.4, 0.5) is 4.39 Å². The Morgan fingerprint density at radius 1 is 1.45 bits per heavy atom. The summed E-state index contributed by atoms with van der Waals surface area (Å²) in [5.74, 6) is 3.83. The Morgan fingerprint density at radius 2 is 2.19 bits per heavy atom. The van der Waals surface area contributed by atoms with Gasteiger partial charge in [-0.3, -0.25) is 18.4 Å². The van der Waals surface area contributed by atoms with Crippen LogP contribution in [0.5, 0.6) is 5.75 Å². The number of fused-ring (bicyclic) bond motifs is 1. The van der Waals surface area contributed by atoms with Gasteiger partial charge < -0.3 is 15.2 Å². The number of halogens is 1. The van der Waals surface area contributed by atoms with E-state index in [0.717, 1.165) is 0 Å². The Morgan fingerprint density at radius 3 is 2.90 bits per heavy atom. The van der Waals surface area contributed by atoms with Crippen molar-refractivity contribution in [1.29, 1.82) is 0 Å². The van der Waals surface area contributed by atoms with Gasteiger partial charge in [0.15, 0.2) is 5.69 Å². The molecule has 1 aliphatic heterocycles. The van der Waals surface area contributed by atoms with Gasteiger partial charge >= 0.3 is 0 Å². The fourth-order valence-electron chi connectivity index (χ4n) is 3.14. The predicted octanol–water partition coefficient (Wildman–Crippen LogP) is 1.01. The second kappa shape index (κ2) is 8.99. The third-order valence-corrected chi connectivity index (χ3v) is 5.24. The zero-order chi connectivity index (χ0) is 22.8. The summed E-state index contributed by atoms with van der Waals surface area (Å²) in [5, 5.41) is 12.8. The largest absolute Gasteiger partial charge is 0.501 e. The van der Waals surface area contributed by atoms with E-state index in [2.05, 4.69) is 22.1 Å². The molecule has 3 rings (SSSR count). The lowest BCUT2D eigenvalue weighted by molar-refractivity contribution is -0.0566. The Balaban J connectivity index is 1.87. The van der Waals surface area contributed by atoms with Crippen molar-refractivity contribution in [3.63, 3.8) is 0 Å². The Bertz CT molecular complexity index is 1180. The molecule has 1 aromatic carbocycles. The summed E-state index contributed by atoms with van der Waals surface area (Å²) in [6.07, 6.45) is 1.51. The normalized spacial score (nSPS) is 15.4. The summed E-state index contributed by atoms with van der Waals surface area (Å²) in [5.41, 5.74) is -1.18. The molecule has 1 unspecified atom stereocenters. The van der Waals surface area contributed by atoms with Crippen molar-refractivity contribution >= 4 is 16.7 Å². The van der Waals surface area contributed by atoms with E-state index in [4.69, 9.17) is 4.74 Å². The molecule has 164 valence electrons. The van der Waals surface area contributed by atoms with E-state index in [1.165, 1.54) is 29.0 Å². The summed E-state index contributed by atoms with van der Waals surface area (Å²) in [6.45, 7) is 3.90. The number of carbonyl (C=O) groups excluding carboxylic acids is 1. The average Bonchev–Trinajstić information content (AvgIpc) is 2.69. The smallest absolute Gasteiger partial charge is 0.296 e. The average molecular weight is 447 g/mol. The van der Waals surface area contributed by atoms with Crippen molar-refractivity contribution in [2.24, 2.45) is 0 Å². The first-order chi connectivity index (χ1) is 14.6. The van der Waals surface area contributed by atoms with E-state index >= 15 is 0 Å². The quantitative estimate of drug-likeness (QED) is 0.677. The third-order valence-electron chi connectivity index (χ3n) is 4.69. The molecule has 31 heavy (non-hydrogen) atoms. The highest BCUT2D eigenvalue weighted by molar-refractivity contribution is 7.84. The van der Waals surface area contributed by atoms with Gasteiger partial charge in [-0.25, -0.2) is 9.37 Å². The zero-order valence-electron chi connectivity index (χ0n) is 17.3. The van der Waals surface area contributed by atoms with Crippen LogP contribution < -0.4 is 10.9 Å². The lowest BCUT2D eigenvalue weighted by Gasteiger charge is -2.32. The number of hydrogen-bond donors (Lipinski definition) is 2. The fraction of sp³-hybridized carbons (Fsp3) is 0.381. The van der Waals surface area contributed by atoms with Gasteiger partial charge in [0.05, 0.1) is 18.9 Å².